The van der Waals surface area contributed by atoms with E-state index in [0.717, 1.165) is 19.5 Å². The number of carbonyl (C=O) groups excluding carboxylic acids is 1. The lowest BCUT2D eigenvalue weighted by molar-refractivity contribution is -0.123. The van der Waals surface area contributed by atoms with Gasteiger partial charge in [0, 0.05) is 13.0 Å². The van der Waals surface area contributed by atoms with Crippen molar-refractivity contribution in [2.75, 3.05) is 19.6 Å². The van der Waals surface area contributed by atoms with Gasteiger partial charge < -0.3 is 0 Å². The summed E-state index contributed by atoms with van der Waals surface area (Å²) >= 11 is 0. The number of nitrogens with zero attached hydrogens (tertiary/aromatic N) is 1. The highest BCUT2D eigenvalue weighted by atomic mass is 16.1. The van der Waals surface area contributed by atoms with E-state index in [9.17, 15) is 4.79 Å². The molecule has 1 aliphatic rings. The van der Waals surface area contributed by atoms with Gasteiger partial charge in [0.2, 0.25) is 0 Å². The molecule has 0 unspecified atom stereocenters. The second-order valence-electron chi connectivity index (χ2n) is 3.18. The molecule has 0 N–H and O–H groups in total. The van der Waals surface area contributed by atoms with Gasteiger partial charge in [0.15, 0.2) is 0 Å². The van der Waals surface area contributed by atoms with Crippen LogP contribution in [-0.2, 0) is 4.79 Å². The average molecular weight is 141 g/mol. The van der Waals surface area contributed by atoms with Crippen molar-refractivity contribution in [2.45, 2.75) is 20.3 Å². The summed E-state index contributed by atoms with van der Waals surface area (Å²) in [5, 5.41) is 0. The third kappa shape index (κ3) is 1.81. The fourth-order valence-corrected chi connectivity index (χ4v) is 1.51. The average Bonchev–Trinajstić information content (AvgIpc) is 1.85. The van der Waals surface area contributed by atoms with Crippen LogP contribution in [-0.4, -0.2) is 30.3 Å². The molecular formula is C8H15NO. The summed E-state index contributed by atoms with van der Waals surface area (Å²) in [7, 11) is 0. The normalized spacial score (nSPS) is 29.0. The number of ketones is 1. The van der Waals surface area contributed by atoms with E-state index in [1.54, 1.807) is 0 Å². The second-order valence-corrected chi connectivity index (χ2v) is 3.18. The van der Waals surface area contributed by atoms with Crippen LogP contribution in [0.2, 0.25) is 0 Å². The number of hydrogen-bond donors (Lipinski definition) is 0. The molecule has 1 rings (SSSR count). The maximum atomic E-state index is 11.0. The van der Waals surface area contributed by atoms with Crippen LogP contribution in [0.5, 0.6) is 0 Å². The zero-order valence-electron chi connectivity index (χ0n) is 6.76. The van der Waals surface area contributed by atoms with Crippen molar-refractivity contribution in [3.8, 4) is 0 Å². The Labute approximate surface area is 62.2 Å². The largest absolute Gasteiger partial charge is 0.298 e. The summed E-state index contributed by atoms with van der Waals surface area (Å²) in [6.07, 6.45) is 0.788. The van der Waals surface area contributed by atoms with Crippen LogP contribution in [0.3, 0.4) is 0 Å². The molecule has 2 heteroatoms. The molecule has 10 heavy (non-hydrogen) atoms. The number of piperidine rings is 1. The first kappa shape index (κ1) is 7.73. The van der Waals surface area contributed by atoms with Gasteiger partial charge in [-0.25, -0.2) is 0 Å². The molecule has 58 valence electrons. The molecule has 0 saturated carbocycles. The first-order chi connectivity index (χ1) is 4.72. The van der Waals surface area contributed by atoms with Gasteiger partial charge in [0.1, 0.15) is 5.78 Å². The summed E-state index contributed by atoms with van der Waals surface area (Å²) in [5.41, 5.74) is 0. The molecule has 0 aromatic rings. The molecule has 1 fully saturated rings. The molecule has 0 bridgehead atoms. The molecule has 0 spiro atoms. The van der Waals surface area contributed by atoms with E-state index in [4.69, 9.17) is 0 Å². The lowest BCUT2D eigenvalue weighted by Gasteiger charge is -2.28. The predicted octanol–water partition coefficient (Wildman–Crippen LogP) is 0.917. The zero-order valence-corrected chi connectivity index (χ0v) is 6.76. The third-order valence-corrected chi connectivity index (χ3v) is 1.99. The lowest BCUT2D eigenvalue weighted by Crippen LogP contribution is -2.39. The van der Waals surface area contributed by atoms with E-state index >= 15 is 0 Å². The van der Waals surface area contributed by atoms with Crippen molar-refractivity contribution in [3.63, 3.8) is 0 Å². The number of likely N-dealkylation sites (tertiary alicyclic amines) is 1. The van der Waals surface area contributed by atoms with Crippen molar-refractivity contribution >= 4 is 5.78 Å². The van der Waals surface area contributed by atoms with Gasteiger partial charge in [-0.3, -0.25) is 9.69 Å². The van der Waals surface area contributed by atoms with Crippen molar-refractivity contribution in [1.29, 1.82) is 0 Å². The number of Topliss-reactive ketones (excluding diaryl/α,β-unsaturated/α-hetero) is 1. The highest BCUT2D eigenvalue weighted by molar-refractivity contribution is 5.81. The molecule has 0 radical (unpaired) electrons. The van der Waals surface area contributed by atoms with E-state index in [1.807, 2.05) is 0 Å². The Morgan fingerprint density at radius 1 is 1.70 bits per heavy atom. The molecule has 2 nitrogen and oxygen atoms in total. The standard InChI is InChI=1S/C8H15NO/c1-3-9-5-7(2)4-8(10)6-9/h7H,3-6H2,1-2H3/t7-/m1/s1. The monoisotopic (exact) mass is 141 g/mol. The SMILES string of the molecule is CCN1CC(=O)C[C@@H](C)C1. The third-order valence-electron chi connectivity index (χ3n) is 1.99. The van der Waals surface area contributed by atoms with Crippen molar-refractivity contribution in [2.24, 2.45) is 5.92 Å². The van der Waals surface area contributed by atoms with Gasteiger partial charge in [-0.1, -0.05) is 13.8 Å². The van der Waals surface area contributed by atoms with Crippen LogP contribution < -0.4 is 0 Å². The minimum absolute atomic E-state index is 0.403. The van der Waals surface area contributed by atoms with Crippen molar-refractivity contribution in [1.82, 2.24) is 4.90 Å². The molecule has 0 aromatic carbocycles. The van der Waals surface area contributed by atoms with Crippen molar-refractivity contribution < 1.29 is 4.79 Å². The van der Waals surface area contributed by atoms with Gasteiger partial charge in [-0.2, -0.15) is 0 Å². The topological polar surface area (TPSA) is 20.3 Å². The Kier molecular flexibility index (Phi) is 2.44. The van der Waals surface area contributed by atoms with E-state index < -0.39 is 0 Å². The number of hydrogen-bond acceptors (Lipinski definition) is 2. The lowest BCUT2D eigenvalue weighted by atomic mass is 9.99. The fraction of sp³-hybridized carbons (Fsp3) is 0.875. The Bertz CT molecular complexity index is 133. The molecule has 0 aromatic heterocycles. The van der Waals surface area contributed by atoms with E-state index in [-0.39, 0.29) is 0 Å². The highest BCUT2D eigenvalue weighted by Crippen LogP contribution is 2.11. The minimum atomic E-state index is 0.403. The molecular weight excluding hydrogens is 126 g/mol. The van der Waals surface area contributed by atoms with Crippen LogP contribution in [0.1, 0.15) is 20.3 Å². The Hall–Kier alpha value is -0.370. The van der Waals surface area contributed by atoms with E-state index in [1.165, 1.54) is 0 Å². The predicted molar refractivity (Wildman–Crippen MR) is 40.9 cm³/mol. The Morgan fingerprint density at radius 2 is 2.40 bits per heavy atom. The summed E-state index contributed by atoms with van der Waals surface area (Å²) in [5.74, 6) is 0.974. The number of likely N-dealkylation sites (N-methyl/N-ethyl adjacent to an activating group) is 1. The maximum Gasteiger partial charge on any atom is 0.147 e. The Balaban J connectivity index is 2.42. The molecule has 1 atom stereocenters. The quantitative estimate of drug-likeness (QED) is 0.541. The van der Waals surface area contributed by atoms with Gasteiger partial charge in [-0.15, -0.1) is 0 Å². The first-order valence-electron chi connectivity index (χ1n) is 3.96. The smallest absolute Gasteiger partial charge is 0.147 e. The highest BCUT2D eigenvalue weighted by Gasteiger charge is 2.20. The summed E-state index contributed by atoms with van der Waals surface area (Å²) in [6.45, 7) is 7.03. The Morgan fingerprint density at radius 3 is 2.90 bits per heavy atom. The maximum absolute atomic E-state index is 11.0. The molecule has 1 aliphatic heterocycles. The first-order valence-corrected chi connectivity index (χ1v) is 3.96. The van der Waals surface area contributed by atoms with Crippen molar-refractivity contribution in [3.05, 3.63) is 0 Å². The summed E-state index contributed by atoms with van der Waals surface area (Å²) in [4.78, 5) is 13.2. The van der Waals surface area contributed by atoms with Crippen LogP contribution in [0.4, 0.5) is 0 Å². The minimum Gasteiger partial charge on any atom is -0.298 e. The molecule has 0 amide bonds. The van der Waals surface area contributed by atoms with E-state index in [0.29, 0.717) is 18.2 Å². The van der Waals surface area contributed by atoms with E-state index in [2.05, 4.69) is 18.7 Å². The number of carbonyl (C=O) groups is 1. The second kappa shape index (κ2) is 3.15. The summed E-state index contributed by atoms with van der Waals surface area (Å²) in [6, 6.07) is 0. The van der Waals surface area contributed by atoms with Crippen LogP contribution in [0.25, 0.3) is 0 Å². The van der Waals surface area contributed by atoms with Crippen LogP contribution in [0.15, 0.2) is 0 Å². The van der Waals surface area contributed by atoms with Gasteiger partial charge in [-0.05, 0) is 12.5 Å². The molecule has 1 heterocycles. The zero-order chi connectivity index (χ0) is 7.56. The van der Waals surface area contributed by atoms with Gasteiger partial charge >= 0.3 is 0 Å². The molecule has 0 aliphatic carbocycles. The van der Waals surface area contributed by atoms with Gasteiger partial charge in [0.05, 0.1) is 6.54 Å². The van der Waals surface area contributed by atoms with Crippen LogP contribution in [0, 0.1) is 5.92 Å². The number of rotatable bonds is 1. The van der Waals surface area contributed by atoms with Crippen LogP contribution >= 0.6 is 0 Å². The summed E-state index contributed by atoms with van der Waals surface area (Å²) < 4.78 is 0. The fourth-order valence-electron chi connectivity index (χ4n) is 1.51. The van der Waals surface area contributed by atoms with Gasteiger partial charge in [0.25, 0.3) is 0 Å². The molecule has 1 saturated heterocycles.